The third-order valence-electron chi connectivity index (χ3n) is 5.33. The molecule has 7 heteroatoms. The molecule has 23 heavy (non-hydrogen) atoms. The minimum atomic E-state index is 0.638. The molecule has 2 aliphatic rings. The van der Waals surface area contributed by atoms with Gasteiger partial charge < -0.3 is 4.90 Å². The van der Waals surface area contributed by atoms with Gasteiger partial charge in [0, 0.05) is 35.6 Å². The van der Waals surface area contributed by atoms with Crippen molar-refractivity contribution in [2.45, 2.75) is 38.0 Å². The normalized spacial score (nSPS) is 25.8. The number of anilines is 1. The van der Waals surface area contributed by atoms with Gasteiger partial charge in [-0.3, -0.25) is 4.90 Å². The molecule has 0 bridgehead atoms. The van der Waals surface area contributed by atoms with Crippen LogP contribution in [0.25, 0.3) is 5.78 Å². The van der Waals surface area contributed by atoms with Crippen molar-refractivity contribution in [2.75, 3.05) is 37.3 Å². The molecule has 6 nitrogen and oxygen atoms in total. The van der Waals surface area contributed by atoms with Gasteiger partial charge in [-0.05, 0) is 46.0 Å². The third kappa shape index (κ3) is 2.50. The van der Waals surface area contributed by atoms with Gasteiger partial charge in [-0.15, -0.1) is 0 Å². The molecule has 0 unspecified atom stereocenters. The van der Waals surface area contributed by atoms with Gasteiger partial charge in [0.05, 0.1) is 0 Å². The van der Waals surface area contributed by atoms with Crippen molar-refractivity contribution in [2.24, 2.45) is 0 Å². The van der Waals surface area contributed by atoms with E-state index < -0.39 is 0 Å². The molecule has 4 heterocycles. The average molecular weight is 332 g/mol. The fraction of sp³-hybridized carbons (Fsp3) is 0.688. The maximum absolute atomic E-state index is 4.55. The number of hydrogen-bond donors (Lipinski definition) is 0. The first kappa shape index (κ1) is 15.2. The largest absolute Gasteiger partial charge is 0.353 e. The lowest BCUT2D eigenvalue weighted by Crippen LogP contribution is -2.40. The summed E-state index contributed by atoms with van der Waals surface area (Å²) in [7, 11) is 0. The molecule has 2 aliphatic heterocycles. The third-order valence-corrected chi connectivity index (χ3v) is 6.39. The average Bonchev–Trinajstić information content (AvgIpc) is 3.27. The van der Waals surface area contributed by atoms with Crippen molar-refractivity contribution in [3.05, 3.63) is 17.6 Å². The van der Waals surface area contributed by atoms with E-state index in [1.54, 1.807) is 6.33 Å². The summed E-state index contributed by atoms with van der Waals surface area (Å²) in [6.45, 7) is 8.86. The summed E-state index contributed by atoms with van der Waals surface area (Å²) >= 11 is 2.00. The molecule has 0 radical (unpaired) electrons. The summed E-state index contributed by atoms with van der Waals surface area (Å²) in [5.41, 5.74) is 2.26. The summed E-state index contributed by atoms with van der Waals surface area (Å²) in [5, 5.41) is 5.07. The minimum absolute atomic E-state index is 0.638. The highest BCUT2D eigenvalue weighted by atomic mass is 32.2. The van der Waals surface area contributed by atoms with Crippen molar-refractivity contribution in [1.29, 1.82) is 0 Å². The smallest absolute Gasteiger partial charge is 0.254 e. The van der Waals surface area contributed by atoms with Crippen LogP contribution in [-0.2, 0) is 0 Å². The van der Waals surface area contributed by atoms with E-state index in [1.165, 1.54) is 37.3 Å². The summed E-state index contributed by atoms with van der Waals surface area (Å²) in [6.07, 6.45) is 6.54. The fourth-order valence-corrected chi connectivity index (χ4v) is 4.87. The number of nitrogens with zero attached hydrogens (tertiary/aromatic N) is 6. The van der Waals surface area contributed by atoms with E-state index in [1.807, 2.05) is 16.3 Å². The molecule has 0 amide bonds. The molecule has 0 saturated carbocycles. The SMILES string of the molecule is CS[C@H]1CN(c2c(C)c(C)nc3ncnn23)C[C@H]1N1CCCC1. The molecule has 0 spiro atoms. The van der Waals surface area contributed by atoms with Crippen molar-refractivity contribution < 1.29 is 0 Å². The number of aryl methyl sites for hydroxylation is 1. The Labute approximate surface area is 141 Å². The van der Waals surface area contributed by atoms with Crippen LogP contribution in [0.4, 0.5) is 5.82 Å². The van der Waals surface area contributed by atoms with Gasteiger partial charge in [-0.2, -0.15) is 26.4 Å². The Morgan fingerprint density at radius 3 is 2.70 bits per heavy atom. The van der Waals surface area contributed by atoms with Crippen molar-refractivity contribution in [3.63, 3.8) is 0 Å². The van der Waals surface area contributed by atoms with Crippen LogP contribution in [0, 0.1) is 13.8 Å². The highest BCUT2D eigenvalue weighted by Gasteiger charge is 2.38. The van der Waals surface area contributed by atoms with E-state index in [9.17, 15) is 0 Å². The quantitative estimate of drug-likeness (QED) is 0.854. The molecular formula is C16H24N6S. The first-order valence-electron chi connectivity index (χ1n) is 8.37. The van der Waals surface area contributed by atoms with Crippen LogP contribution in [-0.4, -0.2) is 68.2 Å². The second-order valence-corrected chi connectivity index (χ2v) is 7.68. The summed E-state index contributed by atoms with van der Waals surface area (Å²) in [4.78, 5) is 14.0. The lowest BCUT2D eigenvalue weighted by molar-refractivity contribution is 0.264. The molecule has 0 aliphatic carbocycles. The number of hydrogen-bond acceptors (Lipinski definition) is 6. The Hall–Kier alpha value is -1.34. The van der Waals surface area contributed by atoms with Gasteiger partial charge in [-0.1, -0.05) is 0 Å². The van der Waals surface area contributed by atoms with E-state index in [2.05, 4.69) is 45.0 Å². The van der Waals surface area contributed by atoms with Crippen LogP contribution in [0.3, 0.4) is 0 Å². The van der Waals surface area contributed by atoms with Crippen molar-refractivity contribution >= 4 is 23.4 Å². The van der Waals surface area contributed by atoms with Crippen LogP contribution < -0.4 is 4.90 Å². The summed E-state index contributed by atoms with van der Waals surface area (Å²) in [6, 6.07) is 0.638. The second-order valence-electron chi connectivity index (χ2n) is 6.61. The minimum Gasteiger partial charge on any atom is -0.353 e. The van der Waals surface area contributed by atoms with Crippen LogP contribution in [0.2, 0.25) is 0 Å². The van der Waals surface area contributed by atoms with E-state index in [0.29, 0.717) is 17.1 Å². The molecule has 2 aromatic rings. The predicted octanol–water partition coefficient (Wildman–Crippen LogP) is 1.76. The van der Waals surface area contributed by atoms with E-state index >= 15 is 0 Å². The standard InChI is InChI=1S/C16H24N6S/c1-11-12(2)19-16-17-10-18-22(16)15(11)21-8-13(14(9-21)23-3)20-6-4-5-7-20/h10,13-14H,4-9H2,1-3H3/t13-,14+/m1/s1. The Morgan fingerprint density at radius 2 is 1.96 bits per heavy atom. The van der Waals surface area contributed by atoms with Crippen LogP contribution in [0.1, 0.15) is 24.1 Å². The van der Waals surface area contributed by atoms with Gasteiger partial charge in [0.25, 0.3) is 5.78 Å². The number of aromatic nitrogens is 4. The maximum atomic E-state index is 4.55. The second kappa shape index (κ2) is 5.94. The van der Waals surface area contributed by atoms with E-state index in [-0.39, 0.29) is 0 Å². The van der Waals surface area contributed by atoms with Crippen molar-refractivity contribution in [3.8, 4) is 0 Å². The highest BCUT2D eigenvalue weighted by Crippen LogP contribution is 2.33. The molecule has 2 saturated heterocycles. The first-order valence-corrected chi connectivity index (χ1v) is 9.66. The Bertz CT molecular complexity index is 708. The van der Waals surface area contributed by atoms with Crippen LogP contribution in [0.5, 0.6) is 0 Å². The number of thioether (sulfide) groups is 1. The van der Waals surface area contributed by atoms with Crippen molar-refractivity contribution in [1.82, 2.24) is 24.5 Å². The van der Waals surface area contributed by atoms with E-state index in [0.717, 1.165) is 18.8 Å². The molecular weight excluding hydrogens is 308 g/mol. The van der Waals surface area contributed by atoms with E-state index in [4.69, 9.17) is 0 Å². The molecule has 2 fully saturated rings. The van der Waals surface area contributed by atoms with Gasteiger partial charge in [0.2, 0.25) is 0 Å². The number of fused-ring (bicyclic) bond motifs is 1. The molecule has 2 atom stereocenters. The summed E-state index contributed by atoms with van der Waals surface area (Å²) < 4.78 is 1.91. The van der Waals surface area contributed by atoms with Gasteiger partial charge in [0.1, 0.15) is 12.1 Å². The number of likely N-dealkylation sites (tertiary alicyclic amines) is 1. The lowest BCUT2D eigenvalue weighted by Gasteiger charge is -2.27. The first-order chi connectivity index (χ1) is 11.2. The maximum Gasteiger partial charge on any atom is 0.254 e. The highest BCUT2D eigenvalue weighted by molar-refractivity contribution is 7.99. The fourth-order valence-electron chi connectivity index (χ4n) is 3.97. The Balaban J connectivity index is 1.71. The van der Waals surface area contributed by atoms with Crippen LogP contribution in [0.15, 0.2) is 6.33 Å². The predicted molar refractivity (Wildman–Crippen MR) is 94.4 cm³/mol. The van der Waals surface area contributed by atoms with Crippen LogP contribution >= 0.6 is 11.8 Å². The zero-order chi connectivity index (χ0) is 16.0. The molecule has 124 valence electrons. The zero-order valence-corrected chi connectivity index (χ0v) is 14.9. The molecule has 0 aromatic carbocycles. The van der Waals surface area contributed by atoms with Gasteiger partial charge in [0.15, 0.2) is 0 Å². The summed E-state index contributed by atoms with van der Waals surface area (Å²) in [5.74, 6) is 1.87. The molecule has 4 rings (SSSR count). The van der Waals surface area contributed by atoms with Gasteiger partial charge >= 0.3 is 0 Å². The lowest BCUT2D eigenvalue weighted by atomic mass is 10.2. The van der Waals surface area contributed by atoms with Gasteiger partial charge in [-0.25, -0.2) is 4.98 Å². The Morgan fingerprint density at radius 1 is 1.17 bits per heavy atom. The number of rotatable bonds is 3. The monoisotopic (exact) mass is 332 g/mol. The Kier molecular flexibility index (Phi) is 3.93. The zero-order valence-electron chi connectivity index (χ0n) is 14.1. The molecule has 2 aromatic heterocycles. The molecule has 0 N–H and O–H groups in total. The topological polar surface area (TPSA) is 49.6 Å².